The summed E-state index contributed by atoms with van der Waals surface area (Å²) in [6.07, 6.45) is 3.17. The Hall–Kier alpha value is -3.48. The highest BCUT2D eigenvalue weighted by Gasteiger charge is 2.37. The molecule has 3 atom stereocenters. The molecule has 7 N–H and O–H groups in total. The van der Waals surface area contributed by atoms with Gasteiger partial charge in [-0.05, 0) is 12.8 Å². The molecule has 13 heteroatoms. The molecular weight excluding hydrogens is 400 g/mol. The van der Waals surface area contributed by atoms with Gasteiger partial charge in [-0.15, -0.1) is 0 Å². The van der Waals surface area contributed by atoms with Gasteiger partial charge in [-0.25, -0.2) is 9.78 Å². The highest BCUT2D eigenvalue weighted by molar-refractivity contribution is 5.93. The maximum atomic E-state index is 12.9. The molecule has 0 aliphatic carbocycles. The van der Waals surface area contributed by atoms with Gasteiger partial charge in [0.25, 0.3) is 0 Å². The van der Waals surface area contributed by atoms with Crippen LogP contribution in [0.3, 0.4) is 0 Å². The van der Waals surface area contributed by atoms with Crippen LogP contribution in [0.15, 0.2) is 12.5 Å². The zero-order chi connectivity index (χ0) is 22.3. The van der Waals surface area contributed by atoms with E-state index in [0.717, 1.165) is 0 Å². The summed E-state index contributed by atoms with van der Waals surface area (Å²) in [6.45, 7) is -0.271. The molecule has 1 fully saturated rings. The maximum absolute atomic E-state index is 12.9. The molecule has 0 saturated carbocycles. The van der Waals surface area contributed by atoms with E-state index in [1.165, 1.54) is 17.4 Å². The van der Waals surface area contributed by atoms with Crippen LogP contribution in [0, 0.1) is 0 Å². The normalized spacial score (nSPS) is 17.8. The number of rotatable bonds is 10. The lowest BCUT2D eigenvalue weighted by molar-refractivity contribution is -0.149. The Morgan fingerprint density at radius 2 is 2.03 bits per heavy atom. The second-order valence-electron chi connectivity index (χ2n) is 6.85. The van der Waals surface area contributed by atoms with Crippen LogP contribution < -0.4 is 16.4 Å². The first kappa shape index (κ1) is 22.8. The highest BCUT2D eigenvalue weighted by atomic mass is 16.4. The average Bonchev–Trinajstić information content (AvgIpc) is 3.36. The summed E-state index contributed by atoms with van der Waals surface area (Å²) in [5, 5.41) is 22.7. The SMILES string of the molecule is NC(CC(=O)O)C(=O)NCC(=O)NC(Cc1cnc[nH]1)C(=O)N1CCCC1C(=O)O. The summed E-state index contributed by atoms with van der Waals surface area (Å²) in [4.78, 5) is 66.8. The van der Waals surface area contributed by atoms with Crippen molar-refractivity contribution >= 4 is 29.7 Å². The Balaban J connectivity index is 2.01. The van der Waals surface area contributed by atoms with Gasteiger partial charge < -0.3 is 36.5 Å². The fourth-order valence-corrected chi connectivity index (χ4v) is 3.13. The molecule has 1 saturated heterocycles. The van der Waals surface area contributed by atoms with E-state index in [0.29, 0.717) is 18.5 Å². The average molecular weight is 424 g/mol. The number of carbonyl (C=O) groups excluding carboxylic acids is 3. The number of aliphatic carboxylic acids is 2. The first-order chi connectivity index (χ1) is 14.2. The quantitative estimate of drug-likeness (QED) is 0.233. The van der Waals surface area contributed by atoms with Crippen LogP contribution >= 0.6 is 0 Å². The second kappa shape index (κ2) is 10.3. The van der Waals surface area contributed by atoms with Crippen molar-refractivity contribution in [1.82, 2.24) is 25.5 Å². The fraction of sp³-hybridized carbons (Fsp3) is 0.529. The van der Waals surface area contributed by atoms with Crippen molar-refractivity contribution in [3.8, 4) is 0 Å². The Bertz CT molecular complexity index is 797. The Morgan fingerprint density at radius 1 is 1.30 bits per heavy atom. The van der Waals surface area contributed by atoms with E-state index in [1.807, 2.05) is 0 Å². The molecule has 0 radical (unpaired) electrons. The molecule has 3 amide bonds. The standard InChI is InChI=1S/C17H24N6O7/c18-10(5-14(25)26)15(27)20-7-13(24)22-11(4-9-6-19-8-21-9)16(28)23-3-1-2-12(23)17(29)30/h6,8,10-12H,1-5,7,18H2,(H,19,21)(H,20,27)(H,22,24)(H,25,26)(H,29,30). The van der Waals surface area contributed by atoms with Crippen LogP contribution in [-0.4, -0.2) is 86.0 Å². The van der Waals surface area contributed by atoms with Crippen LogP contribution in [0.4, 0.5) is 0 Å². The Labute approximate surface area is 171 Å². The largest absolute Gasteiger partial charge is 0.481 e. The number of aromatic amines is 1. The molecule has 13 nitrogen and oxygen atoms in total. The van der Waals surface area contributed by atoms with E-state index < -0.39 is 60.8 Å². The van der Waals surface area contributed by atoms with Gasteiger partial charge in [0.1, 0.15) is 12.1 Å². The van der Waals surface area contributed by atoms with E-state index in [1.54, 1.807) is 0 Å². The number of carbonyl (C=O) groups is 5. The van der Waals surface area contributed by atoms with Crippen molar-refractivity contribution in [1.29, 1.82) is 0 Å². The third-order valence-electron chi connectivity index (χ3n) is 4.59. The van der Waals surface area contributed by atoms with Crippen molar-refractivity contribution in [3.63, 3.8) is 0 Å². The van der Waals surface area contributed by atoms with Crippen LogP contribution in [0.5, 0.6) is 0 Å². The number of carboxylic acids is 2. The number of carboxylic acid groups (broad SMARTS) is 2. The smallest absolute Gasteiger partial charge is 0.326 e. The topological polar surface area (TPSA) is 208 Å². The molecule has 0 bridgehead atoms. The maximum Gasteiger partial charge on any atom is 0.326 e. The number of hydrogen-bond acceptors (Lipinski definition) is 7. The van der Waals surface area contributed by atoms with Gasteiger partial charge in [-0.1, -0.05) is 0 Å². The number of likely N-dealkylation sites (tertiary alicyclic amines) is 1. The second-order valence-corrected chi connectivity index (χ2v) is 6.85. The molecule has 0 aromatic carbocycles. The summed E-state index contributed by atoms with van der Waals surface area (Å²) in [5.41, 5.74) is 5.97. The minimum atomic E-state index is -1.32. The number of nitrogens with zero attached hydrogens (tertiary/aromatic N) is 2. The van der Waals surface area contributed by atoms with E-state index in [2.05, 4.69) is 20.6 Å². The van der Waals surface area contributed by atoms with E-state index in [4.69, 9.17) is 10.8 Å². The Morgan fingerprint density at radius 3 is 2.63 bits per heavy atom. The molecule has 2 heterocycles. The van der Waals surface area contributed by atoms with Crippen molar-refractivity contribution in [3.05, 3.63) is 18.2 Å². The van der Waals surface area contributed by atoms with Crippen LogP contribution in [0.2, 0.25) is 0 Å². The van der Waals surface area contributed by atoms with Gasteiger partial charge in [0.05, 0.1) is 25.3 Å². The van der Waals surface area contributed by atoms with Crippen molar-refractivity contribution in [2.24, 2.45) is 5.73 Å². The zero-order valence-electron chi connectivity index (χ0n) is 16.0. The lowest BCUT2D eigenvalue weighted by Gasteiger charge is -2.27. The van der Waals surface area contributed by atoms with E-state index >= 15 is 0 Å². The molecule has 1 aliphatic heterocycles. The number of aromatic nitrogens is 2. The highest BCUT2D eigenvalue weighted by Crippen LogP contribution is 2.19. The first-order valence-corrected chi connectivity index (χ1v) is 9.24. The molecule has 1 aromatic heterocycles. The van der Waals surface area contributed by atoms with Gasteiger partial charge in [0, 0.05) is 24.9 Å². The summed E-state index contributed by atoms with van der Waals surface area (Å²) in [5.74, 6) is -4.47. The van der Waals surface area contributed by atoms with Crippen molar-refractivity contribution < 1.29 is 34.2 Å². The van der Waals surface area contributed by atoms with Crippen LogP contribution in [0.25, 0.3) is 0 Å². The molecule has 30 heavy (non-hydrogen) atoms. The molecule has 0 spiro atoms. The van der Waals surface area contributed by atoms with E-state index in [-0.39, 0.29) is 13.0 Å². The summed E-state index contributed by atoms with van der Waals surface area (Å²) >= 11 is 0. The molecule has 2 rings (SSSR count). The number of hydrogen-bond donors (Lipinski definition) is 6. The predicted octanol–water partition coefficient (Wildman–Crippen LogP) is -2.57. The number of imidazole rings is 1. The van der Waals surface area contributed by atoms with Crippen LogP contribution in [0.1, 0.15) is 25.0 Å². The van der Waals surface area contributed by atoms with Crippen molar-refractivity contribution in [2.75, 3.05) is 13.1 Å². The molecule has 1 aliphatic rings. The van der Waals surface area contributed by atoms with Gasteiger partial charge in [-0.3, -0.25) is 19.2 Å². The van der Waals surface area contributed by atoms with Gasteiger partial charge in [-0.2, -0.15) is 0 Å². The third kappa shape index (κ3) is 6.27. The summed E-state index contributed by atoms with van der Waals surface area (Å²) in [7, 11) is 0. The van der Waals surface area contributed by atoms with Gasteiger partial charge in [0.15, 0.2) is 0 Å². The summed E-state index contributed by atoms with van der Waals surface area (Å²) < 4.78 is 0. The molecule has 164 valence electrons. The number of H-pyrrole nitrogens is 1. The zero-order valence-corrected chi connectivity index (χ0v) is 16.0. The minimum absolute atomic E-state index is 0.0416. The van der Waals surface area contributed by atoms with Gasteiger partial charge in [0.2, 0.25) is 17.7 Å². The molecular formula is C17H24N6O7. The van der Waals surface area contributed by atoms with Gasteiger partial charge >= 0.3 is 11.9 Å². The summed E-state index contributed by atoms with van der Waals surface area (Å²) in [6, 6.07) is -3.37. The number of amides is 3. The van der Waals surface area contributed by atoms with E-state index in [9.17, 15) is 29.1 Å². The predicted molar refractivity (Wildman–Crippen MR) is 99.8 cm³/mol. The number of nitrogens with two attached hydrogens (primary N) is 1. The Kier molecular flexibility index (Phi) is 7.86. The monoisotopic (exact) mass is 424 g/mol. The number of nitrogens with one attached hydrogen (secondary N) is 3. The van der Waals surface area contributed by atoms with Crippen molar-refractivity contribution in [2.45, 2.75) is 43.8 Å². The molecule has 3 unspecified atom stereocenters. The minimum Gasteiger partial charge on any atom is -0.481 e. The lowest BCUT2D eigenvalue weighted by atomic mass is 10.1. The lowest BCUT2D eigenvalue weighted by Crippen LogP contribution is -2.54. The molecule has 1 aromatic rings. The third-order valence-corrected chi connectivity index (χ3v) is 4.59. The van der Waals surface area contributed by atoms with Crippen LogP contribution in [-0.2, 0) is 30.4 Å². The fourth-order valence-electron chi connectivity index (χ4n) is 3.13. The first-order valence-electron chi connectivity index (χ1n) is 9.24.